The maximum absolute atomic E-state index is 12.8. The lowest BCUT2D eigenvalue weighted by Gasteiger charge is -2.30. The Kier molecular flexibility index (Phi) is 4.77. The predicted octanol–water partition coefficient (Wildman–Crippen LogP) is 5.86. The molecular weight excluding hydrogens is 388 g/mol. The van der Waals surface area contributed by atoms with Crippen LogP contribution in [-0.4, -0.2) is 23.9 Å². The van der Waals surface area contributed by atoms with Crippen molar-refractivity contribution in [1.29, 1.82) is 0 Å². The van der Waals surface area contributed by atoms with Crippen LogP contribution in [0.5, 0.6) is 0 Å². The first-order valence-corrected chi connectivity index (χ1v) is 9.89. The molecule has 0 saturated carbocycles. The molecule has 4 rings (SSSR count). The van der Waals surface area contributed by atoms with Crippen molar-refractivity contribution in [2.45, 2.75) is 26.2 Å². The molecule has 1 saturated heterocycles. The topological polar surface area (TPSA) is 33.2 Å². The van der Waals surface area contributed by atoms with E-state index in [1.807, 2.05) is 30.3 Å². The second kappa shape index (κ2) is 7.20. The number of piperidine rings is 1. The molecule has 0 unspecified atom stereocenters. The van der Waals surface area contributed by atoms with Crippen molar-refractivity contribution in [2.75, 3.05) is 18.0 Å². The molecule has 3 aromatic rings. The monoisotopic (exact) mass is 408 g/mol. The number of hydrogen-bond acceptors (Lipinski definition) is 3. The largest absolute Gasteiger partial charge is 0.356 e. The molecule has 4 heteroatoms. The molecule has 132 valence electrons. The van der Waals surface area contributed by atoms with Crippen LogP contribution in [0, 0.1) is 0 Å². The van der Waals surface area contributed by atoms with E-state index in [0.717, 1.165) is 63.8 Å². The highest BCUT2D eigenvalue weighted by Gasteiger charge is 2.24. The van der Waals surface area contributed by atoms with Crippen LogP contribution in [-0.2, 0) is 0 Å². The van der Waals surface area contributed by atoms with E-state index in [-0.39, 0.29) is 5.78 Å². The molecule has 0 bridgehead atoms. The average molecular weight is 409 g/mol. The molecule has 0 atom stereocenters. The first-order chi connectivity index (χ1) is 12.6. The molecule has 1 fully saturated rings. The maximum atomic E-state index is 12.8. The number of halogens is 1. The molecule has 2 aromatic carbocycles. The van der Waals surface area contributed by atoms with E-state index in [4.69, 9.17) is 4.98 Å². The van der Waals surface area contributed by atoms with Gasteiger partial charge in [-0.3, -0.25) is 4.79 Å². The summed E-state index contributed by atoms with van der Waals surface area (Å²) in [6.45, 7) is 3.58. The number of fused-ring (bicyclic) bond motifs is 1. The van der Waals surface area contributed by atoms with Gasteiger partial charge in [0.15, 0.2) is 5.78 Å². The highest BCUT2D eigenvalue weighted by Crippen LogP contribution is 2.38. The summed E-state index contributed by atoms with van der Waals surface area (Å²) in [6.07, 6.45) is 3.55. The van der Waals surface area contributed by atoms with Crippen LogP contribution < -0.4 is 4.90 Å². The van der Waals surface area contributed by atoms with Crippen molar-refractivity contribution < 1.29 is 4.79 Å². The number of rotatable bonds is 3. The molecule has 0 aliphatic carbocycles. The number of benzene rings is 2. The van der Waals surface area contributed by atoms with E-state index in [9.17, 15) is 4.79 Å². The van der Waals surface area contributed by atoms with E-state index in [2.05, 4.69) is 39.0 Å². The molecule has 2 heterocycles. The fourth-order valence-corrected chi connectivity index (χ4v) is 4.16. The molecule has 1 aliphatic heterocycles. The van der Waals surface area contributed by atoms with Crippen molar-refractivity contribution in [3.05, 3.63) is 58.6 Å². The Morgan fingerprint density at radius 1 is 1.04 bits per heavy atom. The van der Waals surface area contributed by atoms with Gasteiger partial charge in [0, 0.05) is 28.5 Å². The van der Waals surface area contributed by atoms with Gasteiger partial charge in [-0.1, -0.05) is 46.3 Å². The summed E-state index contributed by atoms with van der Waals surface area (Å²) >= 11 is 3.57. The van der Waals surface area contributed by atoms with Gasteiger partial charge in [-0.15, -0.1) is 0 Å². The highest BCUT2D eigenvalue weighted by molar-refractivity contribution is 9.10. The van der Waals surface area contributed by atoms with Gasteiger partial charge in [-0.2, -0.15) is 0 Å². The Morgan fingerprint density at radius 3 is 2.46 bits per heavy atom. The Hall–Kier alpha value is -2.20. The lowest BCUT2D eigenvalue weighted by atomic mass is 9.93. The fourth-order valence-electron chi connectivity index (χ4n) is 3.80. The first-order valence-electron chi connectivity index (χ1n) is 9.10. The van der Waals surface area contributed by atoms with Crippen LogP contribution in [0.4, 0.5) is 5.82 Å². The molecule has 0 spiro atoms. The normalized spacial score (nSPS) is 14.6. The third-order valence-corrected chi connectivity index (χ3v) is 5.49. The summed E-state index contributed by atoms with van der Waals surface area (Å²) in [7, 11) is 0. The van der Waals surface area contributed by atoms with Crippen LogP contribution in [0.25, 0.3) is 22.0 Å². The first kappa shape index (κ1) is 17.2. The van der Waals surface area contributed by atoms with Crippen molar-refractivity contribution in [1.82, 2.24) is 4.98 Å². The summed E-state index contributed by atoms with van der Waals surface area (Å²) in [5.74, 6) is 0.907. The molecule has 0 radical (unpaired) electrons. The van der Waals surface area contributed by atoms with Crippen molar-refractivity contribution in [3.8, 4) is 11.1 Å². The number of nitrogens with zero attached hydrogens (tertiary/aromatic N) is 2. The number of aromatic nitrogens is 1. The Morgan fingerprint density at radius 2 is 1.77 bits per heavy atom. The second-order valence-corrected chi connectivity index (χ2v) is 7.73. The molecule has 1 aromatic heterocycles. The molecule has 0 amide bonds. The molecule has 26 heavy (non-hydrogen) atoms. The number of Topliss-reactive ketones (excluding diaryl/α,β-unsaturated/α-hetero) is 1. The Balaban J connectivity index is 2.07. The van der Waals surface area contributed by atoms with Crippen LogP contribution >= 0.6 is 15.9 Å². The minimum Gasteiger partial charge on any atom is -0.356 e. The van der Waals surface area contributed by atoms with Crippen molar-refractivity contribution in [2.24, 2.45) is 0 Å². The lowest BCUT2D eigenvalue weighted by molar-refractivity contribution is 0.101. The smallest absolute Gasteiger partial charge is 0.164 e. The Labute approximate surface area is 162 Å². The summed E-state index contributed by atoms with van der Waals surface area (Å²) in [5.41, 5.74) is 3.72. The van der Waals surface area contributed by atoms with Gasteiger partial charge in [0.25, 0.3) is 0 Å². The van der Waals surface area contributed by atoms with Gasteiger partial charge < -0.3 is 4.90 Å². The number of carbonyl (C=O) groups is 1. The van der Waals surface area contributed by atoms with E-state index in [1.54, 1.807) is 6.92 Å². The van der Waals surface area contributed by atoms with Gasteiger partial charge in [0.2, 0.25) is 0 Å². The van der Waals surface area contributed by atoms with E-state index in [1.165, 1.54) is 6.42 Å². The summed E-state index contributed by atoms with van der Waals surface area (Å²) in [6, 6.07) is 16.3. The molecule has 0 N–H and O–H groups in total. The standard InChI is InChI=1S/C22H21BrN2O/c1-15(26)20-21(16-8-4-2-5-9-16)18-14-17(23)10-11-19(18)24-22(20)25-12-6-3-7-13-25/h2,4-5,8-11,14H,3,6-7,12-13H2,1H3. The zero-order chi connectivity index (χ0) is 18.1. The number of carbonyl (C=O) groups excluding carboxylic acids is 1. The predicted molar refractivity (Wildman–Crippen MR) is 111 cm³/mol. The number of anilines is 1. The maximum Gasteiger partial charge on any atom is 0.164 e. The van der Waals surface area contributed by atoms with Gasteiger partial charge in [-0.05, 0) is 49.9 Å². The Bertz CT molecular complexity index is 963. The summed E-state index contributed by atoms with van der Waals surface area (Å²) in [4.78, 5) is 20.0. The highest BCUT2D eigenvalue weighted by atomic mass is 79.9. The van der Waals surface area contributed by atoms with E-state index < -0.39 is 0 Å². The lowest BCUT2D eigenvalue weighted by Crippen LogP contribution is -2.31. The zero-order valence-electron chi connectivity index (χ0n) is 14.8. The minimum absolute atomic E-state index is 0.0683. The van der Waals surface area contributed by atoms with Gasteiger partial charge in [0.1, 0.15) is 5.82 Å². The molecule has 1 aliphatic rings. The zero-order valence-corrected chi connectivity index (χ0v) is 16.4. The molecular formula is C22H21BrN2O. The van der Waals surface area contributed by atoms with Crippen LogP contribution in [0.1, 0.15) is 36.5 Å². The van der Waals surface area contributed by atoms with Gasteiger partial charge >= 0.3 is 0 Å². The third-order valence-electron chi connectivity index (χ3n) is 5.00. The minimum atomic E-state index is 0.0683. The van der Waals surface area contributed by atoms with Crippen LogP contribution in [0.2, 0.25) is 0 Å². The number of pyridine rings is 1. The number of ketones is 1. The summed E-state index contributed by atoms with van der Waals surface area (Å²) < 4.78 is 0.990. The van der Waals surface area contributed by atoms with Crippen LogP contribution in [0.15, 0.2) is 53.0 Å². The molecule has 3 nitrogen and oxygen atoms in total. The van der Waals surface area contributed by atoms with Crippen molar-refractivity contribution >= 4 is 38.4 Å². The second-order valence-electron chi connectivity index (χ2n) is 6.82. The average Bonchev–Trinajstić information content (AvgIpc) is 2.67. The number of hydrogen-bond donors (Lipinski definition) is 0. The quantitative estimate of drug-likeness (QED) is 0.509. The fraction of sp³-hybridized carbons (Fsp3) is 0.273. The summed E-state index contributed by atoms with van der Waals surface area (Å²) in [5, 5.41) is 1.01. The van der Waals surface area contributed by atoms with Gasteiger partial charge in [-0.25, -0.2) is 4.98 Å². The van der Waals surface area contributed by atoms with E-state index >= 15 is 0 Å². The van der Waals surface area contributed by atoms with Gasteiger partial charge in [0.05, 0.1) is 11.1 Å². The SMILES string of the molecule is CC(=O)c1c(N2CCCCC2)nc2ccc(Br)cc2c1-c1ccccc1. The third kappa shape index (κ3) is 3.14. The van der Waals surface area contributed by atoms with E-state index in [0.29, 0.717) is 0 Å². The van der Waals surface area contributed by atoms with Crippen molar-refractivity contribution in [3.63, 3.8) is 0 Å². The van der Waals surface area contributed by atoms with Crippen LogP contribution in [0.3, 0.4) is 0 Å².